The summed E-state index contributed by atoms with van der Waals surface area (Å²) in [7, 11) is 0. The molecule has 0 aliphatic heterocycles. The number of hydrogen-bond donors (Lipinski definition) is 2. The van der Waals surface area contributed by atoms with Crippen LogP contribution in [0.1, 0.15) is 65.7 Å². The topological polar surface area (TPSA) is 50.4 Å². The van der Waals surface area contributed by atoms with Crippen LogP contribution >= 0.6 is 0 Å². The second-order valence-corrected chi connectivity index (χ2v) is 7.74. The van der Waals surface area contributed by atoms with Crippen LogP contribution in [0.25, 0.3) is 0 Å². The van der Waals surface area contributed by atoms with Gasteiger partial charge in [0.05, 0.1) is 0 Å². The van der Waals surface area contributed by atoms with E-state index >= 15 is 0 Å². The zero-order valence-electron chi connectivity index (χ0n) is 13.9. The van der Waals surface area contributed by atoms with E-state index in [2.05, 4.69) is 10.6 Å². The highest BCUT2D eigenvalue weighted by Crippen LogP contribution is 2.29. The number of rotatable bonds is 6. The molecule has 1 unspecified atom stereocenters. The highest BCUT2D eigenvalue weighted by molar-refractivity contribution is 5.67. The minimum Gasteiger partial charge on any atom is -0.444 e. The smallest absolute Gasteiger partial charge is 0.407 e. The first-order valence-electron chi connectivity index (χ1n) is 8.64. The zero-order chi connectivity index (χ0) is 15.3. The Morgan fingerprint density at radius 1 is 1.14 bits per heavy atom. The SMILES string of the molecule is CC(C)(C)OC(=O)NCC(NCC1CCC1)C1CCCC1. The Labute approximate surface area is 129 Å². The first-order valence-corrected chi connectivity index (χ1v) is 8.64. The van der Waals surface area contributed by atoms with Crippen LogP contribution in [0.15, 0.2) is 0 Å². The fourth-order valence-corrected chi connectivity index (χ4v) is 3.29. The van der Waals surface area contributed by atoms with Gasteiger partial charge < -0.3 is 15.4 Å². The van der Waals surface area contributed by atoms with Gasteiger partial charge in [0.25, 0.3) is 0 Å². The Kier molecular flexibility index (Phi) is 5.91. The Hall–Kier alpha value is -0.770. The summed E-state index contributed by atoms with van der Waals surface area (Å²) in [6, 6.07) is 0.403. The molecule has 122 valence electrons. The number of ether oxygens (including phenoxy) is 1. The van der Waals surface area contributed by atoms with Gasteiger partial charge >= 0.3 is 6.09 Å². The van der Waals surface area contributed by atoms with E-state index < -0.39 is 5.60 Å². The predicted octanol–water partition coefficient (Wildman–Crippen LogP) is 3.46. The van der Waals surface area contributed by atoms with Crippen molar-refractivity contribution in [1.29, 1.82) is 0 Å². The van der Waals surface area contributed by atoms with Gasteiger partial charge in [-0.05, 0) is 64.8 Å². The van der Waals surface area contributed by atoms with Crippen molar-refractivity contribution in [3.63, 3.8) is 0 Å². The summed E-state index contributed by atoms with van der Waals surface area (Å²) in [4.78, 5) is 11.8. The molecule has 0 heterocycles. The summed E-state index contributed by atoms with van der Waals surface area (Å²) in [5.41, 5.74) is -0.424. The monoisotopic (exact) mass is 296 g/mol. The molecule has 2 rings (SSSR count). The van der Waals surface area contributed by atoms with Crippen LogP contribution in [0, 0.1) is 11.8 Å². The molecule has 21 heavy (non-hydrogen) atoms. The molecule has 0 aromatic rings. The van der Waals surface area contributed by atoms with Crippen molar-refractivity contribution < 1.29 is 9.53 Å². The number of carbonyl (C=O) groups is 1. The molecule has 0 aromatic carbocycles. The second-order valence-electron chi connectivity index (χ2n) is 7.74. The highest BCUT2D eigenvalue weighted by Gasteiger charge is 2.27. The Bertz CT molecular complexity index is 328. The minimum absolute atomic E-state index is 0.295. The number of hydrogen-bond acceptors (Lipinski definition) is 3. The van der Waals surface area contributed by atoms with E-state index in [-0.39, 0.29) is 6.09 Å². The molecule has 2 saturated carbocycles. The lowest BCUT2D eigenvalue weighted by Crippen LogP contribution is -2.47. The van der Waals surface area contributed by atoms with E-state index in [0.29, 0.717) is 18.5 Å². The molecule has 2 N–H and O–H groups in total. The largest absolute Gasteiger partial charge is 0.444 e. The normalized spacial score (nSPS) is 21.9. The Balaban J connectivity index is 1.75. The van der Waals surface area contributed by atoms with Gasteiger partial charge in [0, 0.05) is 12.6 Å². The van der Waals surface area contributed by atoms with Gasteiger partial charge in [-0.15, -0.1) is 0 Å². The molecule has 0 aromatic heterocycles. The van der Waals surface area contributed by atoms with Crippen molar-refractivity contribution in [3.8, 4) is 0 Å². The molecule has 1 amide bonds. The van der Waals surface area contributed by atoms with E-state index in [1.165, 1.54) is 44.9 Å². The summed E-state index contributed by atoms with van der Waals surface area (Å²) >= 11 is 0. The third kappa shape index (κ3) is 5.85. The quantitative estimate of drug-likeness (QED) is 0.789. The Morgan fingerprint density at radius 2 is 1.81 bits per heavy atom. The minimum atomic E-state index is -0.424. The standard InChI is InChI=1S/C17H32N2O2/c1-17(2,3)21-16(20)19-12-15(14-9-4-5-10-14)18-11-13-7-6-8-13/h13-15,18H,4-12H2,1-3H3,(H,19,20). The van der Waals surface area contributed by atoms with Gasteiger partial charge in [-0.1, -0.05) is 19.3 Å². The van der Waals surface area contributed by atoms with Gasteiger partial charge in [0.15, 0.2) is 0 Å². The lowest BCUT2D eigenvalue weighted by molar-refractivity contribution is 0.0517. The fraction of sp³-hybridized carbons (Fsp3) is 0.941. The molecule has 4 heteroatoms. The molecule has 2 aliphatic rings. The number of amides is 1. The van der Waals surface area contributed by atoms with Crippen LogP contribution in [0.4, 0.5) is 4.79 Å². The summed E-state index contributed by atoms with van der Waals surface area (Å²) in [6.45, 7) is 7.49. The summed E-state index contributed by atoms with van der Waals surface area (Å²) in [6.07, 6.45) is 9.06. The summed E-state index contributed by atoms with van der Waals surface area (Å²) < 4.78 is 5.33. The molecular formula is C17H32N2O2. The van der Waals surface area contributed by atoms with Crippen molar-refractivity contribution in [2.24, 2.45) is 11.8 Å². The number of alkyl carbamates (subject to hydrolysis) is 1. The lowest BCUT2D eigenvalue weighted by atomic mass is 9.85. The third-order valence-corrected chi connectivity index (χ3v) is 4.73. The van der Waals surface area contributed by atoms with Gasteiger partial charge in [-0.25, -0.2) is 4.79 Å². The molecular weight excluding hydrogens is 264 g/mol. The van der Waals surface area contributed by atoms with Crippen LogP contribution in [-0.4, -0.2) is 30.8 Å². The average Bonchev–Trinajstić information content (AvgIpc) is 2.82. The van der Waals surface area contributed by atoms with Gasteiger partial charge in [-0.3, -0.25) is 0 Å². The maximum absolute atomic E-state index is 11.8. The van der Waals surface area contributed by atoms with Crippen molar-refractivity contribution in [2.45, 2.75) is 77.4 Å². The first-order chi connectivity index (χ1) is 9.94. The molecule has 0 saturated heterocycles. The van der Waals surface area contributed by atoms with Crippen molar-refractivity contribution in [1.82, 2.24) is 10.6 Å². The van der Waals surface area contributed by atoms with E-state index in [9.17, 15) is 4.79 Å². The molecule has 0 radical (unpaired) electrons. The third-order valence-electron chi connectivity index (χ3n) is 4.73. The summed E-state index contributed by atoms with van der Waals surface area (Å²) in [5, 5.41) is 6.66. The van der Waals surface area contributed by atoms with Crippen LogP contribution in [0.2, 0.25) is 0 Å². The van der Waals surface area contributed by atoms with Crippen LogP contribution < -0.4 is 10.6 Å². The first kappa shape index (κ1) is 16.6. The second kappa shape index (κ2) is 7.48. The predicted molar refractivity (Wildman–Crippen MR) is 85.3 cm³/mol. The van der Waals surface area contributed by atoms with E-state index in [1.54, 1.807) is 0 Å². The molecule has 1 atom stereocenters. The number of carbonyl (C=O) groups excluding carboxylic acids is 1. The zero-order valence-corrected chi connectivity index (χ0v) is 13.9. The van der Waals surface area contributed by atoms with Crippen molar-refractivity contribution in [3.05, 3.63) is 0 Å². The van der Waals surface area contributed by atoms with Crippen molar-refractivity contribution >= 4 is 6.09 Å². The molecule has 2 fully saturated rings. The van der Waals surface area contributed by atoms with E-state index in [1.807, 2.05) is 20.8 Å². The maximum atomic E-state index is 11.8. The van der Waals surface area contributed by atoms with E-state index in [4.69, 9.17) is 4.74 Å². The lowest BCUT2D eigenvalue weighted by Gasteiger charge is -2.31. The molecule has 0 spiro atoms. The van der Waals surface area contributed by atoms with Gasteiger partial charge in [0.1, 0.15) is 5.60 Å². The molecule has 0 bridgehead atoms. The highest BCUT2D eigenvalue weighted by atomic mass is 16.6. The maximum Gasteiger partial charge on any atom is 0.407 e. The average molecular weight is 296 g/mol. The van der Waals surface area contributed by atoms with Crippen LogP contribution in [0.3, 0.4) is 0 Å². The summed E-state index contributed by atoms with van der Waals surface area (Å²) in [5.74, 6) is 1.57. The van der Waals surface area contributed by atoms with Crippen LogP contribution in [-0.2, 0) is 4.74 Å². The fourth-order valence-electron chi connectivity index (χ4n) is 3.29. The van der Waals surface area contributed by atoms with Gasteiger partial charge in [-0.2, -0.15) is 0 Å². The van der Waals surface area contributed by atoms with E-state index in [0.717, 1.165) is 12.5 Å². The van der Waals surface area contributed by atoms with Crippen LogP contribution in [0.5, 0.6) is 0 Å². The van der Waals surface area contributed by atoms with Crippen molar-refractivity contribution in [2.75, 3.05) is 13.1 Å². The van der Waals surface area contributed by atoms with Gasteiger partial charge in [0.2, 0.25) is 0 Å². The molecule has 2 aliphatic carbocycles. The number of nitrogens with one attached hydrogen (secondary N) is 2. The Morgan fingerprint density at radius 3 is 2.33 bits per heavy atom. The molecule has 4 nitrogen and oxygen atoms in total.